The van der Waals surface area contributed by atoms with Crippen LogP contribution in [0, 0.1) is 5.92 Å². The average molecular weight is 261 g/mol. The van der Waals surface area contributed by atoms with Crippen molar-refractivity contribution in [2.24, 2.45) is 5.92 Å². The Morgan fingerprint density at radius 1 is 1.37 bits per heavy atom. The standard InChI is InChI=1S/C15H23N3O/c1-18(2)14-5-3-4-13(11-14)17-15(19)10-12-6-8-16-9-7-12/h3-5,11-12,16H,6-10H2,1-2H3,(H,17,19). The molecule has 0 unspecified atom stereocenters. The number of nitrogens with one attached hydrogen (secondary N) is 2. The highest BCUT2D eigenvalue weighted by Gasteiger charge is 2.16. The fourth-order valence-corrected chi connectivity index (χ4v) is 2.42. The fourth-order valence-electron chi connectivity index (χ4n) is 2.42. The summed E-state index contributed by atoms with van der Waals surface area (Å²) in [5.41, 5.74) is 1.98. The van der Waals surface area contributed by atoms with Crippen molar-refractivity contribution in [2.75, 3.05) is 37.4 Å². The van der Waals surface area contributed by atoms with Crippen molar-refractivity contribution in [3.8, 4) is 0 Å². The zero-order chi connectivity index (χ0) is 13.7. The summed E-state index contributed by atoms with van der Waals surface area (Å²) >= 11 is 0. The summed E-state index contributed by atoms with van der Waals surface area (Å²) < 4.78 is 0. The Hall–Kier alpha value is -1.55. The summed E-state index contributed by atoms with van der Waals surface area (Å²) in [5, 5.41) is 6.32. The van der Waals surface area contributed by atoms with E-state index in [1.807, 2.05) is 43.3 Å². The van der Waals surface area contributed by atoms with Crippen LogP contribution in [0.2, 0.25) is 0 Å². The minimum Gasteiger partial charge on any atom is -0.378 e. The van der Waals surface area contributed by atoms with Gasteiger partial charge in [-0.3, -0.25) is 4.79 Å². The van der Waals surface area contributed by atoms with Gasteiger partial charge in [-0.05, 0) is 50.0 Å². The predicted octanol–water partition coefficient (Wildman–Crippen LogP) is 2.08. The van der Waals surface area contributed by atoms with E-state index in [9.17, 15) is 4.79 Å². The van der Waals surface area contributed by atoms with E-state index in [-0.39, 0.29) is 5.91 Å². The maximum atomic E-state index is 12.0. The molecule has 4 heteroatoms. The van der Waals surface area contributed by atoms with Crippen molar-refractivity contribution in [1.29, 1.82) is 0 Å². The number of carbonyl (C=O) groups excluding carboxylic acids is 1. The molecule has 0 aliphatic carbocycles. The number of amides is 1. The third-order valence-electron chi connectivity index (χ3n) is 3.58. The van der Waals surface area contributed by atoms with Gasteiger partial charge in [0.1, 0.15) is 0 Å². The molecule has 0 bridgehead atoms. The summed E-state index contributed by atoms with van der Waals surface area (Å²) in [4.78, 5) is 14.0. The first-order valence-electron chi connectivity index (χ1n) is 6.93. The molecule has 1 aromatic carbocycles. The molecule has 1 aliphatic rings. The molecule has 104 valence electrons. The molecular formula is C15H23N3O. The molecule has 0 atom stereocenters. The van der Waals surface area contributed by atoms with Gasteiger partial charge in [0.05, 0.1) is 0 Å². The van der Waals surface area contributed by atoms with E-state index < -0.39 is 0 Å². The normalized spacial score (nSPS) is 16.1. The van der Waals surface area contributed by atoms with Crippen LogP contribution >= 0.6 is 0 Å². The highest BCUT2D eigenvalue weighted by Crippen LogP contribution is 2.20. The summed E-state index contributed by atoms with van der Waals surface area (Å²) in [5.74, 6) is 0.654. The predicted molar refractivity (Wildman–Crippen MR) is 79.6 cm³/mol. The molecular weight excluding hydrogens is 238 g/mol. The van der Waals surface area contributed by atoms with Crippen molar-refractivity contribution in [2.45, 2.75) is 19.3 Å². The molecule has 1 amide bonds. The number of hydrogen-bond acceptors (Lipinski definition) is 3. The first-order chi connectivity index (χ1) is 9.15. The smallest absolute Gasteiger partial charge is 0.224 e. The van der Waals surface area contributed by atoms with Crippen molar-refractivity contribution in [1.82, 2.24) is 5.32 Å². The van der Waals surface area contributed by atoms with E-state index in [4.69, 9.17) is 0 Å². The van der Waals surface area contributed by atoms with E-state index in [1.54, 1.807) is 0 Å². The summed E-state index contributed by atoms with van der Waals surface area (Å²) in [7, 11) is 3.99. The summed E-state index contributed by atoms with van der Waals surface area (Å²) in [6, 6.07) is 7.94. The molecule has 1 heterocycles. The van der Waals surface area contributed by atoms with Gasteiger partial charge in [0.2, 0.25) is 5.91 Å². The van der Waals surface area contributed by atoms with Crippen LogP contribution < -0.4 is 15.5 Å². The largest absolute Gasteiger partial charge is 0.378 e. The Kier molecular flexibility index (Phi) is 4.80. The average Bonchev–Trinajstić information content (AvgIpc) is 2.40. The third kappa shape index (κ3) is 4.24. The van der Waals surface area contributed by atoms with Crippen molar-refractivity contribution in [3.05, 3.63) is 24.3 Å². The second-order valence-corrected chi connectivity index (χ2v) is 5.39. The van der Waals surface area contributed by atoms with Gasteiger partial charge >= 0.3 is 0 Å². The van der Waals surface area contributed by atoms with Crippen LogP contribution in [0.3, 0.4) is 0 Å². The fraction of sp³-hybridized carbons (Fsp3) is 0.533. The van der Waals surface area contributed by atoms with Gasteiger partial charge in [-0.15, -0.1) is 0 Å². The zero-order valence-corrected chi connectivity index (χ0v) is 11.8. The topological polar surface area (TPSA) is 44.4 Å². The van der Waals surface area contributed by atoms with Crippen LogP contribution in [0.15, 0.2) is 24.3 Å². The van der Waals surface area contributed by atoms with E-state index >= 15 is 0 Å². The lowest BCUT2D eigenvalue weighted by molar-refractivity contribution is -0.117. The molecule has 2 N–H and O–H groups in total. The van der Waals surface area contributed by atoms with E-state index in [0.717, 1.165) is 37.3 Å². The van der Waals surface area contributed by atoms with Gasteiger partial charge in [-0.25, -0.2) is 0 Å². The van der Waals surface area contributed by atoms with E-state index in [1.165, 1.54) is 0 Å². The molecule has 1 fully saturated rings. The second-order valence-electron chi connectivity index (χ2n) is 5.39. The Morgan fingerprint density at radius 2 is 2.11 bits per heavy atom. The lowest BCUT2D eigenvalue weighted by Gasteiger charge is -2.22. The molecule has 4 nitrogen and oxygen atoms in total. The van der Waals surface area contributed by atoms with Gasteiger partial charge in [0.15, 0.2) is 0 Å². The highest BCUT2D eigenvalue weighted by atomic mass is 16.1. The lowest BCUT2D eigenvalue weighted by Crippen LogP contribution is -2.30. The lowest BCUT2D eigenvalue weighted by atomic mass is 9.94. The van der Waals surface area contributed by atoms with Crippen molar-refractivity contribution < 1.29 is 4.79 Å². The Bertz CT molecular complexity index is 425. The number of anilines is 2. The highest BCUT2D eigenvalue weighted by molar-refractivity contribution is 5.91. The molecule has 19 heavy (non-hydrogen) atoms. The quantitative estimate of drug-likeness (QED) is 0.872. The van der Waals surface area contributed by atoms with Crippen LogP contribution in [0.25, 0.3) is 0 Å². The molecule has 1 aromatic rings. The molecule has 1 saturated heterocycles. The van der Waals surface area contributed by atoms with Gasteiger partial charge in [0.25, 0.3) is 0 Å². The molecule has 2 rings (SSSR count). The number of carbonyl (C=O) groups is 1. The number of benzene rings is 1. The van der Waals surface area contributed by atoms with Gasteiger partial charge in [0, 0.05) is 31.9 Å². The summed E-state index contributed by atoms with van der Waals surface area (Å²) in [6.07, 6.45) is 2.84. The Labute approximate surface area is 115 Å². The van der Waals surface area contributed by atoms with Crippen LogP contribution in [-0.4, -0.2) is 33.1 Å². The second kappa shape index (κ2) is 6.57. The van der Waals surface area contributed by atoms with Crippen LogP contribution in [0.5, 0.6) is 0 Å². The first kappa shape index (κ1) is 13.9. The Morgan fingerprint density at radius 3 is 2.79 bits per heavy atom. The monoisotopic (exact) mass is 261 g/mol. The zero-order valence-electron chi connectivity index (χ0n) is 11.8. The minimum absolute atomic E-state index is 0.128. The number of nitrogens with zero attached hydrogens (tertiary/aromatic N) is 1. The maximum absolute atomic E-state index is 12.0. The number of rotatable bonds is 4. The van der Waals surface area contributed by atoms with Crippen molar-refractivity contribution in [3.63, 3.8) is 0 Å². The maximum Gasteiger partial charge on any atom is 0.224 e. The first-order valence-corrected chi connectivity index (χ1v) is 6.93. The number of hydrogen-bond donors (Lipinski definition) is 2. The molecule has 0 saturated carbocycles. The molecule has 0 spiro atoms. The van der Waals surface area contributed by atoms with Gasteiger partial charge < -0.3 is 15.5 Å². The van der Waals surface area contributed by atoms with E-state index in [0.29, 0.717) is 12.3 Å². The van der Waals surface area contributed by atoms with Crippen LogP contribution in [0.4, 0.5) is 11.4 Å². The van der Waals surface area contributed by atoms with Crippen molar-refractivity contribution >= 4 is 17.3 Å². The van der Waals surface area contributed by atoms with Crippen LogP contribution in [0.1, 0.15) is 19.3 Å². The molecule has 1 aliphatic heterocycles. The Balaban J connectivity index is 1.89. The SMILES string of the molecule is CN(C)c1cccc(NC(=O)CC2CCNCC2)c1. The molecule has 0 aromatic heterocycles. The van der Waals surface area contributed by atoms with Gasteiger partial charge in [-0.1, -0.05) is 6.07 Å². The van der Waals surface area contributed by atoms with Crippen LogP contribution in [-0.2, 0) is 4.79 Å². The summed E-state index contributed by atoms with van der Waals surface area (Å²) in [6.45, 7) is 2.07. The minimum atomic E-state index is 0.128. The number of piperidine rings is 1. The van der Waals surface area contributed by atoms with E-state index in [2.05, 4.69) is 10.6 Å². The van der Waals surface area contributed by atoms with Gasteiger partial charge in [-0.2, -0.15) is 0 Å². The third-order valence-corrected chi connectivity index (χ3v) is 3.58. The molecule has 0 radical (unpaired) electrons.